The number of aromatic amines is 1. The number of hydrogen-bond acceptors (Lipinski definition) is 3. The molecule has 1 N–H and O–H groups in total. The normalized spacial score (nSPS) is 10.8. The lowest BCUT2D eigenvalue weighted by atomic mass is 10.2. The molecule has 0 aliphatic rings. The molecule has 0 unspecified atom stereocenters. The van der Waals surface area contributed by atoms with Gasteiger partial charge >= 0.3 is 0 Å². The van der Waals surface area contributed by atoms with E-state index in [1.54, 1.807) is 29.9 Å². The fraction of sp³-hybridized carbons (Fsp3) is 0. The Morgan fingerprint density at radius 1 is 1.19 bits per heavy atom. The Balaban J connectivity index is 2.28. The summed E-state index contributed by atoms with van der Waals surface area (Å²) >= 11 is 1.62. The van der Waals surface area contributed by atoms with Gasteiger partial charge in [0, 0.05) is 28.2 Å². The zero-order valence-corrected chi connectivity index (χ0v) is 9.12. The van der Waals surface area contributed by atoms with Gasteiger partial charge < -0.3 is 4.98 Å². The van der Waals surface area contributed by atoms with Crippen LogP contribution in [0.4, 0.5) is 0 Å². The largest absolute Gasteiger partial charge is 0.329 e. The second-order valence-electron chi connectivity index (χ2n) is 3.43. The monoisotopic (exact) mass is 228 g/mol. The maximum Gasteiger partial charge on any atom is 0.256 e. The predicted octanol–water partition coefficient (Wildman–Crippen LogP) is 2.65. The van der Waals surface area contributed by atoms with Crippen molar-refractivity contribution in [2.24, 2.45) is 0 Å². The van der Waals surface area contributed by atoms with E-state index < -0.39 is 0 Å². The van der Waals surface area contributed by atoms with E-state index in [0.29, 0.717) is 0 Å². The molecule has 3 aromatic rings. The first-order chi connectivity index (χ1) is 7.84. The molecule has 0 saturated carbocycles. The first kappa shape index (κ1) is 9.30. The molecule has 3 rings (SSSR count). The van der Waals surface area contributed by atoms with Crippen LogP contribution < -0.4 is 5.56 Å². The number of nitrogens with one attached hydrogen (secondary N) is 1. The molecule has 0 saturated heterocycles. The fourth-order valence-corrected chi connectivity index (χ4v) is 2.70. The van der Waals surface area contributed by atoms with E-state index in [4.69, 9.17) is 0 Å². The van der Waals surface area contributed by atoms with Crippen molar-refractivity contribution in [2.45, 2.75) is 0 Å². The fourth-order valence-electron chi connectivity index (χ4n) is 1.64. The van der Waals surface area contributed by atoms with Crippen molar-refractivity contribution in [3.05, 3.63) is 53.2 Å². The lowest BCUT2D eigenvalue weighted by Gasteiger charge is -1.92. The molecule has 0 spiro atoms. The van der Waals surface area contributed by atoms with Crippen LogP contribution in [0.1, 0.15) is 0 Å². The third-order valence-corrected chi connectivity index (χ3v) is 3.57. The van der Waals surface area contributed by atoms with Crippen LogP contribution in [0, 0.1) is 0 Å². The van der Waals surface area contributed by atoms with Gasteiger partial charge in [-0.1, -0.05) is 0 Å². The van der Waals surface area contributed by atoms with E-state index in [1.807, 2.05) is 24.3 Å². The minimum atomic E-state index is -0.0333. The zero-order chi connectivity index (χ0) is 11.0. The van der Waals surface area contributed by atoms with Gasteiger partial charge in [-0.3, -0.25) is 9.78 Å². The molecule has 3 nitrogen and oxygen atoms in total. The number of pyridine rings is 2. The Labute approximate surface area is 95.4 Å². The Kier molecular flexibility index (Phi) is 2.08. The Bertz CT molecular complexity index is 685. The van der Waals surface area contributed by atoms with E-state index in [9.17, 15) is 4.79 Å². The van der Waals surface area contributed by atoms with E-state index >= 15 is 0 Å². The van der Waals surface area contributed by atoms with Gasteiger partial charge in [-0.25, -0.2) is 0 Å². The van der Waals surface area contributed by atoms with Crippen molar-refractivity contribution >= 4 is 21.4 Å². The van der Waals surface area contributed by atoms with Gasteiger partial charge in [0.1, 0.15) is 0 Å². The Hall–Kier alpha value is -1.94. The van der Waals surface area contributed by atoms with Crippen molar-refractivity contribution in [3.8, 4) is 10.4 Å². The number of thiophene rings is 1. The number of H-pyrrole nitrogens is 1. The molecule has 3 heterocycles. The van der Waals surface area contributed by atoms with Gasteiger partial charge in [0.25, 0.3) is 5.56 Å². The molecule has 0 radical (unpaired) electrons. The van der Waals surface area contributed by atoms with Crippen molar-refractivity contribution < 1.29 is 0 Å². The SMILES string of the molecule is O=c1[nH]ccc2sc(-c3ccncc3)cc12. The molecule has 4 heteroatoms. The van der Waals surface area contributed by atoms with Crippen LogP contribution in [-0.2, 0) is 0 Å². The van der Waals surface area contributed by atoms with E-state index in [0.717, 1.165) is 20.5 Å². The summed E-state index contributed by atoms with van der Waals surface area (Å²) in [7, 11) is 0. The van der Waals surface area contributed by atoms with Crippen molar-refractivity contribution in [1.82, 2.24) is 9.97 Å². The molecule has 0 aliphatic heterocycles. The third-order valence-electron chi connectivity index (χ3n) is 2.42. The van der Waals surface area contributed by atoms with Gasteiger partial charge in [-0.15, -0.1) is 11.3 Å². The van der Waals surface area contributed by atoms with Crippen LogP contribution >= 0.6 is 11.3 Å². The van der Waals surface area contributed by atoms with Crippen molar-refractivity contribution in [1.29, 1.82) is 0 Å². The predicted molar refractivity (Wildman–Crippen MR) is 65.7 cm³/mol. The van der Waals surface area contributed by atoms with Gasteiger partial charge in [-0.2, -0.15) is 0 Å². The summed E-state index contributed by atoms with van der Waals surface area (Å²) in [6.45, 7) is 0. The first-order valence-electron chi connectivity index (χ1n) is 4.86. The standard InChI is InChI=1S/C12H8N2OS/c15-12-9-7-11(8-1-4-13-5-2-8)16-10(9)3-6-14-12/h1-7H,(H,14,15). The molecule has 0 bridgehead atoms. The number of rotatable bonds is 1. The number of nitrogens with zero attached hydrogens (tertiary/aromatic N) is 1. The molecular formula is C12H8N2OS. The molecule has 0 fully saturated rings. The lowest BCUT2D eigenvalue weighted by molar-refractivity contribution is 1.28. The second kappa shape index (κ2) is 3.57. The quantitative estimate of drug-likeness (QED) is 0.696. The molecule has 0 aliphatic carbocycles. The highest BCUT2D eigenvalue weighted by Gasteiger charge is 2.05. The number of hydrogen-bond donors (Lipinski definition) is 1. The van der Waals surface area contributed by atoms with E-state index in [-0.39, 0.29) is 5.56 Å². The summed E-state index contributed by atoms with van der Waals surface area (Å²) in [5.74, 6) is 0. The van der Waals surface area contributed by atoms with Crippen LogP contribution in [0.15, 0.2) is 47.7 Å². The van der Waals surface area contributed by atoms with Crippen LogP contribution in [0.2, 0.25) is 0 Å². The average molecular weight is 228 g/mol. The maximum atomic E-state index is 11.6. The minimum absolute atomic E-state index is 0.0333. The number of aromatic nitrogens is 2. The summed E-state index contributed by atoms with van der Waals surface area (Å²) in [5, 5.41) is 0.749. The number of fused-ring (bicyclic) bond motifs is 1. The molecule has 78 valence electrons. The molecule has 0 aromatic carbocycles. The van der Waals surface area contributed by atoms with Crippen LogP contribution in [0.5, 0.6) is 0 Å². The highest BCUT2D eigenvalue weighted by Crippen LogP contribution is 2.30. The molecular weight excluding hydrogens is 220 g/mol. The van der Waals surface area contributed by atoms with Crippen molar-refractivity contribution in [3.63, 3.8) is 0 Å². The molecule has 3 aromatic heterocycles. The maximum absolute atomic E-state index is 11.6. The minimum Gasteiger partial charge on any atom is -0.329 e. The third kappa shape index (κ3) is 1.44. The summed E-state index contributed by atoms with van der Waals surface area (Å²) in [6, 6.07) is 7.73. The van der Waals surface area contributed by atoms with E-state index in [1.165, 1.54) is 0 Å². The van der Waals surface area contributed by atoms with Crippen LogP contribution in [0.3, 0.4) is 0 Å². The summed E-state index contributed by atoms with van der Waals surface area (Å²) in [6.07, 6.45) is 5.19. The smallest absolute Gasteiger partial charge is 0.256 e. The highest BCUT2D eigenvalue weighted by molar-refractivity contribution is 7.22. The Morgan fingerprint density at radius 2 is 2.00 bits per heavy atom. The molecule has 0 atom stereocenters. The molecule has 16 heavy (non-hydrogen) atoms. The van der Waals surface area contributed by atoms with E-state index in [2.05, 4.69) is 9.97 Å². The highest BCUT2D eigenvalue weighted by atomic mass is 32.1. The van der Waals surface area contributed by atoms with Crippen LogP contribution in [0.25, 0.3) is 20.5 Å². The van der Waals surface area contributed by atoms with Crippen LogP contribution in [-0.4, -0.2) is 9.97 Å². The lowest BCUT2D eigenvalue weighted by Crippen LogP contribution is -2.01. The van der Waals surface area contributed by atoms with Gasteiger partial charge in [0.05, 0.1) is 5.39 Å². The average Bonchev–Trinajstić information content (AvgIpc) is 2.76. The van der Waals surface area contributed by atoms with Crippen molar-refractivity contribution in [2.75, 3.05) is 0 Å². The van der Waals surface area contributed by atoms with Gasteiger partial charge in [-0.05, 0) is 29.8 Å². The second-order valence-corrected chi connectivity index (χ2v) is 4.52. The first-order valence-corrected chi connectivity index (χ1v) is 5.68. The van der Waals surface area contributed by atoms with Gasteiger partial charge in [0.15, 0.2) is 0 Å². The Morgan fingerprint density at radius 3 is 2.75 bits per heavy atom. The topological polar surface area (TPSA) is 45.8 Å². The zero-order valence-electron chi connectivity index (χ0n) is 8.31. The summed E-state index contributed by atoms with van der Waals surface area (Å²) in [5.41, 5.74) is 1.06. The summed E-state index contributed by atoms with van der Waals surface area (Å²) < 4.78 is 1.01. The van der Waals surface area contributed by atoms with Gasteiger partial charge in [0.2, 0.25) is 0 Å². The summed E-state index contributed by atoms with van der Waals surface area (Å²) in [4.78, 5) is 19.3. The molecule has 0 amide bonds.